The fourth-order valence-electron chi connectivity index (χ4n) is 7.00. The molecule has 0 bridgehead atoms. The molecule has 6 heteroatoms. The second-order valence-corrected chi connectivity index (χ2v) is 9.92. The SMILES string of the molecule is CCC(=O)OC1C(C)C[C@H]2[C@@H]3CC(F)C4=CC(=O)C=C[C@]4(C)[C@@]3(F)C(O)C[C@]12C. The Morgan fingerprint density at radius 2 is 2.00 bits per heavy atom. The molecule has 4 unspecified atom stereocenters. The van der Waals surface area contributed by atoms with Crippen molar-refractivity contribution in [2.45, 2.75) is 77.4 Å². The molecular formula is C23H30F2O4. The van der Waals surface area contributed by atoms with Crippen LogP contribution in [-0.2, 0) is 14.3 Å². The summed E-state index contributed by atoms with van der Waals surface area (Å²) in [5, 5.41) is 11.1. The van der Waals surface area contributed by atoms with Crippen LogP contribution >= 0.6 is 0 Å². The van der Waals surface area contributed by atoms with Gasteiger partial charge in [-0.25, -0.2) is 8.78 Å². The summed E-state index contributed by atoms with van der Waals surface area (Å²) in [5.74, 6) is -1.60. The number of rotatable bonds is 2. The van der Waals surface area contributed by atoms with Gasteiger partial charge in [0.15, 0.2) is 11.5 Å². The summed E-state index contributed by atoms with van der Waals surface area (Å²) in [7, 11) is 0. The molecule has 0 spiro atoms. The molecule has 29 heavy (non-hydrogen) atoms. The van der Waals surface area contributed by atoms with Crippen molar-refractivity contribution in [3.05, 3.63) is 23.8 Å². The van der Waals surface area contributed by atoms with Crippen molar-refractivity contribution in [3.63, 3.8) is 0 Å². The number of halogens is 2. The zero-order valence-electron chi connectivity index (χ0n) is 17.5. The highest BCUT2D eigenvalue weighted by Crippen LogP contribution is 2.69. The van der Waals surface area contributed by atoms with Crippen LogP contribution in [0.1, 0.15) is 53.4 Å². The molecule has 1 N–H and O–H groups in total. The van der Waals surface area contributed by atoms with Crippen LogP contribution in [0.4, 0.5) is 8.78 Å². The van der Waals surface area contributed by atoms with Crippen molar-refractivity contribution < 1.29 is 28.2 Å². The van der Waals surface area contributed by atoms with E-state index < -0.39 is 40.8 Å². The third kappa shape index (κ3) is 2.57. The molecule has 0 saturated heterocycles. The van der Waals surface area contributed by atoms with E-state index in [-0.39, 0.29) is 48.4 Å². The largest absolute Gasteiger partial charge is 0.461 e. The number of ketones is 1. The molecule has 3 saturated carbocycles. The molecule has 0 amide bonds. The molecule has 0 aliphatic heterocycles. The molecule has 0 aromatic carbocycles. The maximum absolute atomic E-state index is 16.9. The van der Waals surface area contributed by atoms with E-state index in [0.717, 1.165) is 0 Å². The minimum absolute atomic E-state index is 0.00123. The van der Waals surface area contributed by atoms with Gasteiger partial charge in [-0.15, -0.1) is 0 Å². The van der Waals surface area contributed by atoms with E-state index in [0.29, 0.717) is 6.42 Å². The summed E-state index contributed by atoms with van der Waals surface area (Å²) in [6, 6.07) is 0. The van der Waals surface area contributed by atoms with Gasteiger partial charge in [0.1, 0.15) is 12.3 Å². The monoisotopic (exact) mass is 408 g/mol. The van der Waals surface area contributed by atoms with Crippen LogP contribution < -0.4 is 0 Å². The zero-order chi connectivity index (χ0) is 21.4. The van der Waals surface area contributed by atoms with Crippen molar-refractivity contribution in [1.29, 1.82) is 0 Å². The lowest BCUT2D eigenvalue weighted by Crippen LogP contribution is -2.68. The summed E-state index contributed by atoms with van der Waals surface area (Å²) in [6.45, 7) is 7.24. The van der Waals surface area contributed by atoms with Crippen LogP contribution in [0, 0.1) is 28.6 Å². The van der Waals surface area contributed by atoms with E-state index in [1.807, 2.05) is 13.8 Å². The molecule has 0 heterocycles. The van der Waals surface area contributed by atoms with Crippen LogP contribution in [0.5, 0.6) is 0 Å². The van der Waals surface area contributed by atoms with E-state index >= 15 is 8.78 Å². The second kappa shape index (κ2) is 6.47. The Morgan fingerprint density at radius 3 is 2.66 bits per heavy atom. The number of esters is 1. The number of hydrogen-bond acceptors (Lipinski definition) is 4. The number of ether oxygens (including phenoxy) is 1. The van der Waals surface area contributed by atoms with Gasteiger partial charge in [-0.2, -0.15) is 0 Å². The Kier molecular flexibility index (Phi) is 4.62. The fourth-order valence-corrected chi connectivity index (χ4v) is 7.00. The molecule has 9 atom stereocenters. The van der Waals surface area contributed by atoms with Crippen LogP contribution in [0.15, 0.2) is 23.8 Å². The van der Waals surface area contributed by atoms with Gasteiger partial charge in [0.25, 0.3) is 0 Å². The first-order chi connectivity index (χ1) is 13.5. The Bertz CT molecular complexity index is 807. The highest BCUT2D eigenvalue weighted by atomic mass is 19.1. The van der Waals surface area contributed by atoms with E-state index in [1.165, 1.54) is 18.2 Å². The zero-order valence-corrected chi connectivity index (χ0v) is 17.5. The first-order valence-electron chi connectivity index (χ1n) is 10.6. The Labute approximate surface area is 170 Å². The Balaban J connectivity index is 1.78. The third-order valence-corrected chi connectivity index (χ3v) is 8.40. The summed E-state index contributed by atoms with van der Waals surface area (Å²) in [6.07, 6.45) is 1.65. The van der Waals surface area contributed by atoms with Crippen molar-refractivity contribution >= 4 is 11.8 Å². The molecule has 0 aromatic heterocycles. The topological polar surface area (TPSA) is 63.6 Å². The van der Waals surface area contributed by atoms with Gasteiger partial charge in [0.2, 0.25) is 0 Å². The number of allylic oxidation sites excluding steroid dienone is 4. The smallest absolute Gasteiger partial charge is 0.305 e. The summed E-state index contributed by atoms with van der Waals surface area (Å²) >= 11 is 0. The lowest BCUT2D eigenvalue weighted by molar-refractivity contribution is -0.212. The molecule has 0 radical (unpaired) electrons. The molecule has 4 aliphatic rings. The maximum atomic E-state index is 16.9. The number of alkyl halides is 2. The van der Waals surface area contributed by atoms with Gasteiger partial charge in [-0.3, -0.25) is 9.59 Å². The fraction of sp³-hybridized carbons (Fsp3) is 0.739. The van der Waals surface area contributed by atoms with Gasteiger partial charge in [-0.1, -0.05) is 26.8 Å². The summed E-state index contributed by atoms with van der Waals surface area (Å²) in [5.41, 5.74) is -3.93. The molecule has 4 rings (SSSR count). The van der Waals surface area contributed by atoms with Crippen molar-refractivity contribution in [3.8, 4) is 0 Å². The number of aliphatic hydroxyl groups is 1. The van der Waals surface area contributed by atoms with E-state index in [4.69, 9.17) is 4.74 Å². The summed E-state index contributed by atoms with van der Waals surface area (Å²) < 4.78 is 37.9. The number of aliphatic hydroxyl groups excluding tert-OH is 1. The van der Waals surface area contributed by atoms with Crippen LogP contribution in [0.2, 0.25) is 0 Å². The van der Waals surface area contributed by atoms with E-state index in [2.05, 4.69) is 0 Å². The third-order valence-electron chi connectivity index (χ3n) is 8.40. The first-order valence-corrected chi connectivity index (χ1v) is 10.6. The predicted octanol–water partition coefficient (Wildman–Crippen LogP) is 3.87. The Hall–Kier alpha value is -1.56. The number of hydrogen-bond donors (Lipinski definition) is 1. The van der Waals surface area contributed by atoms with Crippen LogP contribution in [0.25, 0.3) is 0 Å². The van der Waals surface area contributed by atoms with Gasteiger partial charge in [0, 0.05) is 23.2 Å². The first kappa shape index (κ1) is 20.7. The maximum Gasteiger partial charge on any atom is 0.305 e. The van der Waals surface area contributed by atoms with E-state index in [1.54, 1.807) is 13.8 Å². The lowest BCUT2D eigenvalue weighted by atomic mass is 9.45. The van der Waals surface area contributed by atoms with Gasteiger partial charge < -0.3 is 9.84 Å². The van der Waals surface area contributed by atoms with Gasteiger partial charge in [-0.05, 0) is 55.7 Å². The van der Waals surface area contributed by atoms with Crippen molar-refractivity contribution in [1.82, 2.24) is 0 Å². The van der Waals surface area contributed by atoms with E-state index in [9.17, 15) is 14.7 Å². The molecule has 0 aromatic rings. The predicted molar refractivity (Wildman–Crippen MR) is 103 cm³/mol. The molecule has 160 valence electrons. The summed E-state index contributed by atoms with van der Waals surface area (Å²) in [4.78, 5) is 23.9. The van der Waals surface area contributed by atoms with Crippen molar-refractivity contribution in [2.24, 2.45) is 28.6 Å². The normalized spacial score (nSPS) is 51.0. The van der Waals surface area contributed by atoms with Gasteiger partial charge >= 0.3 is 5.97 Å². The molecule has 4 aliphatic carbocycles. The molecule has 4 nitrogen and oxygen atoms in total. The number of carbonyl (C=O) groups is 2. The average Bonchev–Trinajstić information content (AvgIpc) is 2.90. The average molecular weight is 408 g/mol. The minimum atomic E-state index is -2.08. The highest BCUT2D eigenvalue weighted by molar-refractivity contribution is 6.01. The second-order valence-electron chi connectivity index (χ2n) is 9.92. The Morgan fingerprint density at radius 1 is 1.31 bits per heavy atom. The van der Waals surface area contributed by atoms with Gasteiger partial charge in [0.05, 0.1) is 6.10 Å². The lowest BCUT2D eigenvalue weighted by Gasteiger charge is -2.62. The van der Waals surface area contributed by atoms with Crippen molar-refractivity contribution in [2.75, 3.05) is 0 Å². The number of fused-ring (bicyclic) bond motifs is 5. The van der Waals surface area contributed by atoms with Crippen LogP contribution in [0.3, 0.4) is 0 Å². The van der Waals surface area contributed by atoms with Crippen LogP contribution in [-0.4, -0.2) is 40.9 Å². The minimum Gasteiger partial charge on any atom is -0.461 e. The molecular weight excluding hydrogens is 378 g/mol. The standard InChI is InChI=1S/C23H30F2O4/c1-5-19(28)29-20-12(2)8-14-15-10-17(24)16-9-13(26)6-7-22(16,4)23(15,25)18(27)11-21(14,20)3/h6-7,9,12,14-15,17-18,20,27H,5,8,10-11H2,1-4H3/t12?,14-,15-,17?,18?,20?,21-,22-,23-/m0/s1. The highest BCUT2D eigenvalue weighted by Gasteiger charge is 2.73. The quantitative estimate of drug-likeness (QED) is 0.705. The molecule has 3 fully saturated rings. The number of carbonyl (C=O) groups excluding carboxylic acids is 2.